The predicted octanol–water partition coefficient (Wildman–Crippen LogP) is 4.65. The van der Waals surface area contributed by atoms with Gasteiger partial charge in [-0.1, -0.05) is 32.9 Å². The molecule has 0 saturated heterocycles. The van der Waals surface area contributed by atoms with E-state index >= 15 is 0 Å². The minimum atomic E-state index is 0.695. The first-order valence-corrected chi connectivity index (χ1v) is 7.67. The zero-order valence-electron chi connectivity index (χ0n) is 11.1. The molecule has 0 aromatic heterocycles. The lowest BCUT2D eigenvalue weighted by Gasteiger charge is -2.39. The second kappa shape index (κ2) is 5.81. The average Bonchev–Trinajstić information content (AvgIpc) is 2.24. The molecule has 94 valence electrons. The Bertz CT molecular complexity index is 356. The number of rotatable bonds is 5. The van der Waals surface area contributed by atoms with Gasteiger partial charge in [-0.15, -0.1) is 11.8 Å². The molecule has 1 aromatic carbocycles. The van der Waals surface area contributed by atoms with E-state index in [0.29, 0.717) is 6.04 Å². The van der Waals surface area contributed by atoms with Crippen molar-refractivity contribution in [3.05, 3.63) is 24.3 Å². The Hall–Kier alpha value is -0.630. The van der Waals surface area contributed by atoms with Crippen molar-refractivity contribution >= 4 is 17.4 Å². The van der Waals surface area contributed by atoms with Crippen LogP contribution in [-0.4, -0.2) is 11.8 Å². The number of thioether (sulfide) groups is 1. The lowest BCUT2D eigenvalue weighted by Crippen LogP contribution is -2.38. The van der Waals surface area contributed by atoms with E-state index in [1.165, 1.54) is 23.4 Å². The van der Waals surface area contributed by atoms with E-state index in [1.807, 2.05) is 11.8 Å². The van der Waals surface area contributed by atoms with Gasteiger partial charge in [0.15, 0.2) is 0 Å². The van der Waals surface area contributed by atoms with Crippen LogP contribution in [0, 0.1) is 11.8 Å². The highest BCUT2D eigenvalue weighted by Crippen LogP contribution is 2.37. The second-order valence-corrected chi connectivity index (χ2v) is 6.55. The van der Waals surface area contributed by atoms with Crippen molar-refractivity contribution in [2.24, 2.45) is 11.8 Å². The number of benzene rings is 1. The molecule has 1 nitrogen and oxygen atoms in total. The van der Waals surface area contributed by atoms with Crippen LogP contribution >= 0.6 is 11.8 Å². The van der Waals surface area contributed by atoms with Crippen molar-refractivity contribution in [3.63, 3.8) is 0 Å². The van der Waals surface area contributed by atoms with Gasteiger partial charge in [0.25, 0.3) is 0 Å². The molecule has 1 fully saturated rings. The SMILES string of the molecule is CCSc1ccccc1NC1CC(C(C)C)C1. The molecule has 0 radical (unpaired) electrons. The Balaban J connectivity index is 1.91. The first kappa shape index (κ1) is 12.8. The van der Waals surface area contributed by atoms with Gasteiger partial charge in [0.1, 0.15) is 0 Å². The number of anilines is 1. The highest BCUT2D eigenvalue weighted by molar-refractivity contribution is 7.99. The highest BCUT2D eigenvalue weighted by atomic mass is 32.2. The largest absolute Gasteiger partial charge is 0.381 e. The van der Waals surface area contributed by atoms with Gasteiger partial charge in [0.05, 0.1) is 0 Å². The number of nitrogens with one attached hydrogen (secondary N) is 1. The maximum absolute atomic E-state index is 3.70. The second-order valence-electron chi connectivity index (χ2n) is 5.25. The van der Waals surface area contributed by atoms with Crippen LogP contribution in [0.15, 0.2) is 29.2 Å². The summed E-state index contributed by atoms with van der Waals surface area (Å²) in [6.45, 7) is 6.88. The van der Waals surface area contributed by atoms with E-state index < -0.39 is 0 Å². The molecular formula is C15H23NS. The Morgan fingerprint density at radius 1 is 1.29 bits per heavy atom. The van der Waals surface area contributed by atoms with Crippen LogP contribution in [0.5, 0.6) is 0 Å². The monoisotopic (exact) mass is 249 g/mol. The molecule has 2 rings (SSSR count). The fourth-order valence-corrected chi connectivity index (χ4v) is 3.18. The van der Waals surface area contributed by atoms with Gasteiger partial charge in [-0.3, -0.25) is 0 Å². The fourth-order valence-electron chi connectivity index (χ4n) is 2.41. The summed E-state index contributed by atoms with van der Waals surface area (Å²) in [5, 5.41) is 3.70. The van der Waals surface area contributed by atoms with E-state index in [-0.39, 0.29) is 0 Å². The van der Waals surface area contributed by atoms with Crippen LogP contribution in [0.1, 0.15) is 33.6 Å². The molecule has 0 spiro atoms. The normalized spacial score (nSPS) is 23.5. The van der Waals surface area contributed by atoms with Gasteiger partial charge in [0, 0.05) is 16.6 Å². The van der Waals surface area contributed by atoms with Crippen LogP contribution in [0.3, 0.4) is 0 Å². The van der Waals surface area contributed by atoms with Gasteiger partial charge in [-0.05, 0) is 42.6 Å². The van der Waals surface area contributed by atoms with E-state index in [1.54, 1.807) is 0 Å². The molecule has 0 heterocycles. The third-order valence-electron chi connectivity index (χ3n) is 3.66. The highest BCUT2D eigenvalue weighted by Gasteiger charge is 2.31. The van der Waals surface area contributed by atoms with E-state index in [9.17, 15) is 0 Å². The summed E-state index contributed by atoms with van der Waals surface area (Å²) < 4.78 is 0. The van der Waals surface area contributed by atoms with Crippen molar-refractivity contribution in [2.45, 2.75) is 44.6 Å². The summed E-state index contributed by atoms with van der Waals surface area (Å²) in [7, 11) is 0. The summed E-state index contributed by atoms with van der Waals surface area (Å²) in [6, 6.07) is 9.37. The molecule has 2 heteroatoms. The molecule has 0 unspecified atom stereocenters. The van der Waals surface area contributed by atoms with Crippen LogP contribution < -0.4 is 5.32 Å². The van der Waals surface area contributed by atoms with Crippen LogP contribution in [0.4, 0.5) is 5.69 Å². The summed E-state index contributed by atoms with van der Waals surface area (Å²) >= 11 is 1.92. The first-order valence-electron chi connectivity index (χ1n) is 6.69. The van der Waals surface area contributed by atoms with Crippen molar-refractivity contribution in [1.82, 2.24) is 0 Å². The van der Waals surface area contributed by atoms with Crippen LogP contribution in [0.25, 0.3) is 0 Å². The minimum absolute atomic E-state index is 0.695. The minimum Gasteiger partial charge on any atom is -0.381 e. The molecule has 1 aromatic rings. The maximum atomic E-state index is 3.70. The van der Waals surface area contributed by atoms with Gasteiger partial charge in [-0.25, -0.2) is 0 Å². The zero-order valence-corrected chi connectivity index (χ0v) is 11.9. The topological polar surface area (TPSA) is 12.0 Å². The molecule has 1 saturated carbocycles. The molecule has 0 amide bonds. The summed E-state index contributed by atoms with van der Waals surface area (Å²) in [6.07, 6.45) is 2.67. The molecule has 0 aliphatic heterocycles. The first-order chi connectivity index (χ1) is 8.20. The van der Waals surface area contributed by atoms with Gasteiger partial charge in [0.2, 0.25) is 0 Å². The average molecular weight is 249 g/mol. The van der Waals surface area contributed by atoms with E-state index in [4.69, 9.17) is 0 Å². The summed E-state index contributed by atoms with van der Waals surface area (Å²) in [5.41, 5.74) is 1.33. The van der Waals surface area contributed by atoms with Crippen molar-refractivity contribution < 1.29 is 0 Å². The Morgan fingerprint density at radius 3 is 2.65 bits per heavy atom. The van der Waals surface area contributed by atoms with Gasteiger partial charge >= 0.3 is 0 Å². The predicted molar refractivity (Wildman–Crippen MR) is 77.8 cm³/mol. The Morgan fingerprint density at radius 2 is 2.00 bits per heavy atom. The van der Waals surface area contributed by atoms with Crippen LogP contribution in [0.2, 0.25) is 0 Å². The molecule has 0 bridgehead atoms. The number of para-hydroxylation sites is 1. The number of hydrogen-bond donors (Lipinski definition) is 1. The lowest BCUT2D eigenvalue weighted by atomic mass is 9.73. The van der Waals surface area contributed by atoms with E-state index in [2.05, 4.69) is 50.4 Å². The smallest absolute Gasteiger partial charge is 0.0480 e. The van der Waals surface area contributed by atoms with E-state index in [0.717, 1.165) is 17.6 Å². The Labute approximate surface area is 109 Å². The van der Waals surface area contributed by atoms with Crippen molar-refractivity contribution in [3.8, 4) is 0 Å². The lowest BCUT2D eigenvalue weighted by molar-refractivity contribution is 0.211. The number of hydrogen-bond acceptors (Lipinski definition) is 2. The summed E-state index contributed by atoms with van der Waals surface area (Å²) in [4.78, 5) is 1.39. The van der Waals surface area contributed by atoms with Crippen molar-refractivity contribution in [2.75, 3.05) is 11.1 Å². The van der Waals surface area contributed by atoms with Gasteiger partial charge < -0.3 is 5.32 Å². The molecule has 0 atom stereocenters. The quantitative estimate of drug-likeness (QED) is 0.763. The molecular weight excluding hydrogens is 226 g/mol. The maximum Gasteiger partial charge on any atom is 0.0480 e. The molecule has 1 N–H and O–H groups in total. The molecule has 1 aliphatic rings. The fraction of sp³-hybridized carbons (Fsp3) is 0.600. The summed E-state index contributed by atoms with van der Waals surface area (Å²) in [5.74, 6) is 2.91. The third-order valence-corrected chi connectivity index (χ3v) is 4.62. The van der Waals surface area contributed by atoms with Crippen molar-refractivity contribution in [1.29, 1.82) is 0 Å². The standard InChI is InChI=1S/C15H23NS/c1-4-17-15-8-6-5-7-14(15)16-13-9-12(10-13)11(2)3/h5-8,11-13,16H,4,9-10H2,1-3H3. The van der Waals surface area contributed by atoms with Crippen LogP contribution in [-0.2, 0) is 0 Å². The third kappa shape index (κ3) is 3.19. The zero-order chi connectivity index (χ0) is 12.3. The van der Waals surface area contributed by atoms with Gasteiger partial charge in [-0.2, -0.15) is 0 Å². The Kier molecular flexibility index (Phi) is 4.38. The molecule has 1 aliphatic carbocycles. The molecule has 17 heavy (non-hydrogen) atoms.